The maximum absolute atomic E-state index is 13.1. The van der Waals surface area contributed by atoms with Gasteiger partial charge in [-0.1, -0.05) is 19.3 Å². The average molecular weight is 424 g/mol. The van der Waals surface area contributed by atoms with Crippen LogP contribution in [0.4, 0.5) is 10.1 Å². The molecule has 8 heteroatoms. The lowest BCUT2D eigenvalue weighted by molar-refractivity contribution is 0.321. The van der Waals surface area contributed by atoms with Gasteiger partial charge in [0, 0.05) is 44.0 Å². The molecular formula is C23H30FN7. The van der Waals surface area contributed by atoms with Crippen molar-refractivity contribution in [2.45, 2.75) is 44.7 Å². The first-order chi connectivity index (χ1) is 15.2. The molecule has 2 fully saturated rings. The molecule has 31 heavy (non-hydrogen) atoms. The Balaban J connectivity index is 1.11. The normalized spacial score (nSPS) is 20.3. The number of nitrogens with zero attached hydrogens (tertiary/aromatic N) is 7. The average Bonchev–Trinajstić information content (AvgIpc) is 3.29. The number of piperazine rings is 1. The van der Waals surface area contributed by atoms with Crippen LogP contribution in [0.3, 0.4) is 0 Å². The SMILES string of the molecule is Fc1ccc(N2CCN(C3=NCN(Cn4ccc(C5CCCCC5)n4)C=N3)CC2)cc1. The summed E-state index contributed by atoms with van der Waals surface area (Å²) in [6.45, 7) is 4.73. The molecule has 1 aliphatic carbocycles. The molecule has 1 aromatic heterocycles. The number of guanidine groups is 1. The van der Waals surface area contributed by atoms with E-state index >= 15 is 0 Å². The van der Waals surface area contributed by atoms with Gasteiger partial charge in [-0.2, -0.15) is 5.10 Å². The molecule has 0 spiro atoms. The summed E-state index contributed by atoms with van der Waals surface area (Å²) in [5.41, 5.74) is 2.30. The predicted molar refractivity (Wildman–Crippen MR) is 121 cm³/mol. The van der Waals surface area contributed by atoms with Crippen molar-refractivity contribution in [3.05, 3.63) is 48.0 Å². The van der Waals surface area contributed by atoms with Gasteiger partial charge in [0.1, 0.15) is 19.2 Å². The Morgan fingerprint density at radius 3 is 2.35 bits per heavy atom. The van der Waals surface area contributed by atoms with Crippen molar-refractivity contribution in [2.75, 3.05) is 37.7 Å². The minimum atomic E-state index is -0.196. The number of aliphatic imine (C=N–C) groups is 2. The monoisotopic (exact) mass is 423 g/mol. The fourth-order valence-electron chi connectivity index (χ4n) is 4.70. The van der Waals surface area contributed by atoms with Crippen molar-refractivity contribution in [1.29, 1.82) is 0 Å². The van der Waals surface area contributed by atoms with E-state index in [0.717, 1.165) is 37.8 Å². The van der Waals surface area contributed by atoms with Gasteiger partial charge in [-0.3, -0.25) is 4.68 Å². The number of benzene rings is 1. The Labute approximate surface area is 182 Å². The summed E-state index contributed by atoms with van der Waals surface area (Å²) in [6.07, 6.45) is 10.5. The zero-order chi connectivity index (χ0) is 21.0. The summed E-state index contributed by atoms with van der Waals surface area (Å²) in [5, 5.41) is 4.80. The van der Waals surface area contributed by atoms with E-state index in [4.69, 9.17) is 10.1 Å². The number of rotatable bonds is 4. The molecule has 3 aliphatic rings. The van der Waals surface area contributed by atoms with E-state index in [-0.39, 0.29) is 5.82 Å². The van der Waals surface area contributed by atoms with Crippen molar-refractivity contribution in [3.63, 3.8) is 0 Å². The Kier molecular flexibility index (Phi) is 5.86. The molecule has 0 bridgehead atoms. The van der Waals surface area contributed by atoms with Gasteiger partial charge in [-0.25, -0.2) is 14.4 Å². The third-order valence-corrected chi connectivity index (χ3v) is 6.50. The summed E-state index contributed by atoms with van der Waals surface area (Å²) >= 11 is 0. The van der Waals surface area contributed by atoms with Gasteiger partial charge in [-0.15, -0.1) is 0 Å². The molecule has 2 aromatic rings. The quantitative estimate of drug-likeness (QED) is 0.755. The highest BCUT2D eigenvalue weighted by Gasteiger charge is 2.22. The van der Waals surface area contributed by atoms with Gasteiger partial charge in [0.15, 0.2) is 0 Å². The van der Waals surface area contributed by atoms with Crippen LogP contribution in [0.5, 0.6) is 0 Å². The molecule has 2 aliphatic heterocycles. The van der Waals surface area contributed by atoms with Gasteiger partial charge in [0.25, 0.3) is 0 Å². The van der Waals surface area contributed by atoms with Crippen LogP contribution < -0.4 is 4.90 Å². The third-order valence-electron chi connectivity index (χ3n) is 6.50. The fraction of sp³-hybridized carbons (Fsp3) is 0.522. The summed E-state index contributed by atoms with van der Waals surface area (Å²) in [5.74, 6) is 1.24. The molecule has 0 atom stereocenters. The Hall–Kier alpha value is -2.90. The van der Waals surface area contributed by atoms with Crippen molar-refractivity contribution < 1.29 is 4.39 Å². The molecule has 1 saturated heterocycles. The highest BCUT2D eigenvalue weighted by molar-refractivity contribution is 5.88. The van der Waals surface area contributed by atoms with Crippen molar-refractivity contribution in [1.82, 2.24) is 19.6 Å². The molecule has 0 unspecified atom stereocenters. The van der Waals surface area contributed by atoms with Gasteiger partial charge >= 0.3 is 0 Å². The van der Waals surface area contributed by atoms with E-state index in [2.05, 4.69) is 32.0 Å². The van der Waals surface area contributed by atoms with Gasteiger partial charge in [0.2, 0.25) is 5.96 Å². The van der Waals surface area contributed by atoms with Gasteiger partial charge in [0.05, 0.1) is 12.0 Å². The zero-order valence-electron chi connectivity index (χ0n) is 17.9. The summed E-state index contributed by atoms with van der Waals surface area (Å²) in [6, 6.07) is 8.89. The molecule has 0 N–H and O–H groups in total. The molecular weight excluding hydrogens is 393 g/mol. The first-order valence-corrected chi connectivity index (χ1v) is 11.4. The van der Waals surface area contributed by atoms with Crippen LogP contribution in [-0.4, -0.2) is 64.7 Å². The molecule has 7 nitrogen and oxygen atoms in total. The van der Waals surface area contributed by atoms with Crippen LogP contribution in [0.15, 0.2) is 46.5 Å². The van der Waals surface area contributed by atoms with Crippen LogP contribution in [0.25, 0.3) is 0 Å². The minimum absolute atomic E-state index is 0.196. The summed E-state index contributed by atoms with van der Waals surface area (Å²) in [7, 11) is 0. The lowest BCUT2D eigenvalue weighted by atomic mass is 9.87. The molecule has 0 amide bonds. The molecule has 164 valence electrons. The number of anilines is 1. The fourth-order valence-corrected chi connectivity index (χ4v) is 4.70. The minimum Gasteiger partial charge on any atom is -0.368 e. The second-order valence-electron chi connectivity index (χ2n) is 8.64. The largest absolute Gasteiger partial charge is 0.368 e. The van der Waals surface area contributed by atoms with E-state index in [9.17, 15) is 4.39 Å². The first-order valence-electron chi connectivity index (χ1n) is 11.4. The van der Waals surface area contributed by atoms with Gasteiger partial charge in [-0.05, 0) is 43.2 Å². The molecule has 1 aromatic carbocycles. The van der Waals surface area contributed by atoms with Crippen LogP contribution >= 0.6 is 0 Å². The van der Waals surface area contributed by atoms with Crippen LogP contribution in [-0.2, 0) is 6.67 Å². The van der Waals surface area contributed by atoms with E-state index in [1.165, 1.54) is 49.9 Å². The Morgan fingerprint density at radius 1 is 0.903 bits per heavy atom. The standard InChI is InChI=1S/C23H30FN7/c24-20-6-8-21(9-7-20)29-12-14-30(15-13-29)23-25-16-28(17-26-23)18-31-11-10-22(27-31)19-4-2-1-3-5-19/h6-11,16,19H,1-5,12-15,17-18H2. The maximum Gasteiger partial charge on any atom is 0.223 e. The number of aromatic nitrogens is 2. The summed E-state index contributed by atoms with van der Waals surface area (Å²) in [4.78, 5) is 15.9. The highest BCUT2D eigenvalue weighted by Crippen LogP contribution is 2.31. The molecule has 1 saturated carbocycles. The van der Waals surface area contributed by atoms with Gasteiger partial charge < -0.3 is 14.7 Å². The van der Waals surface area contributed by atoms with Crippen LogP contribution in [0.2, 0.25) is 0 Å². The lowest BCUT2D eigenvalue weighted by Gasteiger charge is -2.37. The Bertz CT molecular complexity index is 922. The molecule has 3 heterocycles. The second kappa shape index (κ2) is 9.08. The van der Waals surface area contributed by atoms with Crippen molar-refractivity contribution >= 4 is 18.0 Å². The summed E-state index contributed by atoms with van der Waals surface area (Å²) < 4.78 is 15.1. The van der Waals surface area contributed by atoms with Crippen LogP contribution in [0, 0.1) is 5.82 Å². The number of hydrogen-bond donors (Lipinski definition) is 0. The number of hydrogen-bond acceptors (Lipinski definition) is 6. The highest BCUT2D eigenvalue weighted by atomic mass is 19.1. The van der Waals surface area contributed by atoms with E-state index in [1.807, 2.05) is 23.2 Å². The molecule has 0 radical (unpaired) electrons. The van der Waals surface area contributed by atoms with Crippen molar-refractivity contribution in [2.24, 2.45) is 9.98 Å². The Morgan fingerprint density at radius 2 is 1.65 bits per heavy atom. The topological polar surface area (TPSA) is 52.3 Å². The van der Waals surface area contributed by atoms with E-state index < -0.39 is 0 Å². The first kappa shape index (κ1) is 20.0. The number of halogens is 1. The van der Waals surface area contributed by atoms with E-state index in [1.54, 1.807) is 0 Å². The van der Waals surface area contributed by atoms with Crippen molar-refractivity contribution in [3.8, 4) is 0 Å². The smallest absolute Gasteiger partial charge is 0.223 e. The second-order valence-corrected chi connectivity index (χ2v) is 8.64. The van der Waals surface area contributed by atoms with Crippen LogP contribution in [0.1, 0.15) is 43.7 Å². The lowest BCUT2D eigenvalue weighted by Crippen LogP contribution is -2.49. The predicted octanol–water partition coefficient (Wildman–Crippen LogP) is 3.51. The third kappa shape index (κ3) is 4.73. The molecule has 5 rings (SSSR count). The maximum atomic E-state index is 13.1. The van der Waals surface area contributed by atoms with E-state index in [0.29, 0.717) is 19.3 Å². The zero-order valence-corrected chi connectivity index (χ0v) is 17.9.